The smallest absolute Gasteiger partial charge is 0.150 e. The molecule has 0 spiro atoms. The van der Waals surface area contributed by atoms with E-state index in [9.17, 15) is 8.42 Å². The zero-order chi connectivity index (χ0) is 10.5. The molecule has 80 valence electrons. The molecule has 0 amide bonds. The number of hydrogen-bond acceptors (Lipinski definition) is 3. The fraction of sp³-hybridized carbons (Fsp3) is 1.00. The normalized spacial score (nSPS) is 13.2. The van der Waals surface area contributed by atoms with Gasteiger partial charge in [-0.15, -0.1) is 0 Å². The molecule has 0 aromatic rings. The third kappa shape index (κ3) is 8.63. The zero-order valence-electron chi connectivity index (χ0n) is 8.96. The topological polar surface area (TPSA) is 34.1 Å². The van der Waals surface area contributed by atoms with Gasteiger partial charge in [-0.25, -0.2) is 8.42 Å². The van der Waals surface area contributed by atoms with Gasteiger partial charge in [0.15, 0.2) is 9.84 Å². The molecule has 0 unspecified atom stereocenters. The van der Waals surface area contributed by atoms with Crippen LogP contribution in [0.5, 0.6) is 0 Å². The van der Waals surface area contributed by atoms with Gasteiger partial charge in [-0.05, 0) is 11.2 Å². The molecule has 0 saturated carbocycles. The lowest BCUT2D eigenvalue weighted by Crippen LogP contribution is -2.13. The molecule has 0 aromatic heterocycles. The first-order valence-electron chi connectivity index (χ1n) is 4.55. The SMILES string of the molecule is CCS(=O)(=O)CCSCC(C)(C)C. The Hall–Kier alpha value is 0.300. The maximum Gasteiger partial charge on any atom is 0.150 e. The second kappa shape index (κ2) is 5.25. The van der Waals surface area contributed by atoms with Crippen molar-refractivity contribution in [2.75, 3.05) is 23.0 Å². The van der Waals surface area contributed by atoms with E-state index in [1.54, 1.807) is 18.7 Å². The Balaban J connectivity index is 3.59. The molecule has 0 aliphatic carbocycles. The first-order chi connectivity index (χ1) is 5.77. The van der Waals surface area contributed by atoms with Crippen LogP contribution in [-0.4, -0.2) is 31.4 Å². The van der Waals surface area contributed by atoms with Crippen LogP contribution in [-0.2, 0) is 9.84 Å². The number of rotatable bonds is 5. The standard InChI is InChI=1S/C9H20O2S2/c1-5-13(10,11)7-6-12-8-9(2,3)4/h5-8H2,1-4H3. The Morgan fingerprint density at radius 1 is 1.23 bits per heavy atom. The van der Waals surface area contributed by atoms with Gasteiger partial charge >= 0.3 is 0 Å². The fourth-order valence-electron chi connectivity index (χ4n) is 0.709. The summed E-state index contributed by atoms with van der Waals surface area (Å²) in [6.07, 6.45) is 0. The summed E-state index contributed by atoms with van der Waals surface area (Å²) in [5.41, 5.74) is 0.292. The molecule has 0 rings (SSSR count). The molecule has 0 radical (unpaired) electrons. The zero-order valence-corrected chi connectivity index (χ0v) is 10.6. The molecule has 4 heteroatoms. The van der Waals surface area contributed by atoms with Crippen LogP contribution in [0.1, 0.15) is 27.7 Å². The van der Waals surface area contributed by atoms with Crippen molar-refractivity contribution >= 4 is 21.6 Å². The van der Waals surface area contributed by atoms with E-state index in [1.807, 2.05) is 0 Å². The molecule has 0 heterocycles. The Morgan fingerprint density at radius 2 is 1.77 bits per heavy atom. The van der Waals surface area contributed by atoms with Gasteiger partial charge in [-0.1, -0.05) is 27.7 Å². The highest BCUT2D eigenvalue weighted by Gasteiger charge is 2.11. The van der Waals surface area contributed by atoms with Crippen LogP contribution in [0.25, 0.3) is 0 Å². The first-order valence-corrected chi connectivity index (χ1v) is 7.52. The van der Waals surface area contributed by atoms with E-state index in [-0.39, 0.29) is 5.75 Å². The number of thioether (sulfide) groups is 1. The van der Waals surface area contributed by atoms with E-state index in [4.69, 9.17) is 0 Å². The highest BCUT2D eigenvalue weighted by Crippen LogP contribution is 2.20. The van der Waals surface area contributed by atoms with E-state index >= 15 is 0 Å². The van der Waals surface area contributed by atoms with Crippen molar-refractivity contribution < 1.29 is 8.42 Å². The average molecular weight is 224 g/mol. The van der Waals surface area contributed by atoms with E-state index in [1.165, 1.54) is 0 Å². The summed E-state index contributed by atoms with van der Waals surface area (Å²) >= 11 is 1.72. The molecule has 0 atom stereocenters. The van der Waals surface area contributed by atoms with Crippen LogP contribution in [0.2, 0.25) is 0 Å². The third-order valence-corrected chi connectivity index (χ3v) is 5.04. The van der Waals surface area contributed by atoms with Gasteiger partial charge in [-0.3, -0.25) is 0 Å². The monoisotopic (exact) mass is 224 g/mol. The fourth-order valence-corrected chi connectivity index (χ4v) is 3.24. The molecule has 0 bridgehead atoms. The predicted molar refractivity (Wildman–Crippen MR) is 61.1 cm³/mol. The summed E-state index contributed by atoms with van der Waals surface area (Å²) in [5, 5.41) is 0. The molecule has 0 aliphatic heterocycles. The lowest BCUT2D eigenvalue weighted by molar-refractivity contribution is 0.481. The predicted octanol–water partition coefficient (Wildman–Crippen LogP) is 2.20. The van der Waals surface area contributed by atoms with Gasteiger partial charge < -0.3 is 0 Å². The Morgan fingerprint density at radius 3 is 2.15 bits per heavy atom. The van der Waals surface area contributed by atoms with Crippen LogP contribution in [0.3, 0.4) is 0 Å². The highest BCUT2D eigenvalue weighted by molar-refractivity contribution is 8.00. The second-order valence-electron chi connectivity index (χ2n) is 4.35. The highest BCUT2D eigenvalue weighted by atomic mass is 32.2. The van der Waals surface area contributed by atoms with Crippen molar-refractivity contribution in [2.24, 2.45) is 5.41 Å². The summed E-state index contributed by atoms with van der Waals surface area (Å²) in [7, 11) is -2.76. The van der Waals surface area contributed by atoms with Crippen molar-refractivity contribution in [1.82, 2.24) is 0 Å². The maximum absolute atomic E-state index is 11.1. The van der Waals surface area contributed by atoms with E-state index in [0.717, 1.165) is 11.5 Å². The number of hydrogen-bond donors (Lipinski definition) is 0. The van der Waals surface area contributed by atoms with Crippen molar-refractivity contribution in [3.63, 3.8) is 0 Å². The summed E-state index contributed by atoms with van der Waals surface area (Å²) < 4.78 is 22.2. The summed E-state index contributed by atoms with van der Waals surface area (Å²) in [4.78, 5) is 0. The quantitative estimate of drug-likeness (QED) is 0.671. The molecule has 13 heavy (non-hydrogen) atoms. The van der Waals surface area contributed by atoms with Gasteiger partial charge in [0.25, 0.3) is 0 Å². The largest absolute Gasteiger partial charge is 0.229 e. The van der Waals surface area contributed by atoms with Crippen LogP contribution < -0.4 is 0 Å². The molecule has 0 aromatic carbocycles. The van der Waals surface area contributed by atoms with Gasteiger partial charge in [0.05, 0.1) is 5.75 Å². The maximum atomic E-state index is 11.1. The molecule has 0 fully saturated rings. The lowest BCUT2D eigenvalue weighted by Gasteiger charge is -2.16. The van der Waals surface area contributed by atoms with Crippen molar-refractivity contribution in [2.45, 2.75) is 27.7 Å². The van der Waals surface area contributed by atoms with Gasteiger partial charge in [0, 0.05) is 11.5 Å². The minimum atomic E-state index is -2.76. The summed E-state index contributed by atoms with van der Waals surface area (Å²) in [5.74, 6) is 2.34. The van der Waals surface area contributed by atoms with E-state index in [2.05, 4.69) is 20.8 Å². The second-order valence-corrected chi connectivity index (χ2v) is 7.93. The third-order valence-electron chi connectivity index (χ3n) is 1.51. The van der Waals surface area contributed by atoms with Crippen LogP contribution in [0, 0.1) is 5.41 Å². The average Bonchev–Trinajstić information content (AvgIpc) is 1.97. The minimum Gasteiger partial charge on any atom is -0.229 e. The van der Waals surface area contributed by atoms with Gasteiger partial charge in [0.2, 0.25) is 0 Å². The van der Waals surface area contributed by atoms with Crippen molar-refractivity contribution in [1.29, 1.82) is 0 Å². The molecule has 0 saturated heterocycles. The van der Waals surface area contributed by atoms with E-state index in [0.29, 0.717) is 11.2 Å². The summed E-state index contributed by atoms with van der Waals surface area (Å²) in [6, 6.07) is 0. The molecular formula is C9H20O2S2. The Bertz CT molecular complexity index is 224. The summed E-state index contributed by atoms with van der Waals surface area (Å²) in [6.45, 7) is 8.18. The van der Waals surface area contributed by atoms with Crippen molar-refractivity contribution in [3.05, 3.63) is 0 Å². The van der Waals surface area contributed by atoms with Crippen molar-refractivity contribution in [3.8, 4) is 0 Å². The molecule has 2 nitrogen and oxygen atoms in total. The lowest BCUT2D eigenvalue weighted by atomic mass is 10.0. The first kappa shape index (κ1) is 13.3. The van der Waals surface area contributed by atoms with Crippen LogP contribution >= 0.6 is 11.8 Å². The molecule has 0 N–H and O–H groups in total. The Kier molecular flexibility index (Phi) is 5.37. The molecular weight excluding hydrogens is 204 g/mol. The Labute approximate surface area is 86.4 Å². The minimum absolute atomic E-state index is 0.267. The van der Waals surface area contributed by atoms with E-state index < -0.39 is 9.84 Å². The van der Waals surface area contributed by atoms with Gasteiger partial charge in [-0.2, -0.15) is 11.8 Å². The van der Waals surface area contributed by atoms with Crippen LogP contribution in [0.4, 0.5) is 0 Å². The molecule has 0 aliphatic rings. The van der Waals surface area contributed by atoms with Gasteiger partial charge in [0.1, 0.15) is 0 Å². The number of sulfone groups is 1. The van der Waals surface area contributed by atoms with Crippen LogP contribution in [0.15, 0.2) is 0 Å².